The quantitative estimate of drug-likeness (QED) is 0.708. The van der Waals surface area contributed by atoms with Gasteiger partial charge in [-0.1, -0.05) is 0 Å². The highest BCUT2D eigenvalue weighted by Crippen LogP contribution is 2.14. The molecule has 0 bridgehead atoms. The number of ether oxygens (including phenoxy) is 1. The molecule has 1 aliphatic heterocycles. The zero-order valence-corrected chi connectivity index (χ0v) is 7.08. The van der Waals surface area contributed by atoms with Gasteiger partial charge in [0.15, 0.2) is 6.23 Å². The van der Waals surface area contributed by atoms with Gasteiger partial charge >= 0.3 is 0 Å². The minimum atomic E-state index is 0.202. The summed E-state index contributed by atoms with van der Waals surface area (Å²) in [6, 6.07) is 1.99. The van der Waals surface area contributed by atoms with Gasteiger partial charge in [0.2, 0.25) is 0 Å². The second-order valence-corrected chi connectivity index (χ2v) is 3.05. The highest BCUT2D eigenvalue weighted by Gasteiger charge is 2.17. The van der Waals surface area contributed by atoms with E-state index in [1.165, 1.54) is 0 Å². The van der Waals surface area contributed by atoms with Gasteiger partial charge in [0, 0.05) is 19.2 Å². The number of pyridine rings is 1. The topological polar surface area (TPSA) is 34.1 Å². The van der Waals surface area contributed by atoms with E-state index in [0.29, 0.717) is 0 Å². The third-order valence-corrected chi connectivity index (χ3v) is 1.91. The average molecular weight is 163 g/mol. The summed E-state index contributed by atoms with van der Waals surface area (Å²) in [6.45, 7) is 3.07. The van der Waals surface area contributed by atoms with Crippen molar-refractivity contribution in [3.05, 3.63) is 24.0 Å². The van der Waals surface area contributed by atoms with Gasteiger partial charge in [-0.15, -0.1) is 0 Å². The molecule has 1 aliphatic rings. The summed E-state index contributed by atoms with van der Waals surface area (Å²) in [5.74, 6) is 0.854. The SMILES string of the molecule is [11CH3]c1cncc(O[C@H]2CCN2)c1. The van der Waals surface area contributed by atoms with Crippen LogP contribution in [0.5, 0.6) is 5.75 Å². The lowest BCUT2D eigenvalue weighted by Crippen LogP contribution is -2.46. The van der Waals surface area contributed by atoms with E-state index in [9.17, 15) is 0 Å². The summed E-state index contributed by atoms with van der Waals surface area (Å²) >= 11 is 0. The summed E-state index contributed by atoms with van der Waals surface area (Å²) in [4.78, 5) is 4.04. The lowest BCUT2D eigenvalue weighted by Gasteiger charge is -2.27. The number of aryl methyl sites for hydroxylation is 1. The van der Waals surface area contributed by atoms with Crippen LogP contribution in [0.15, 0.2) is 18.5 Å². The Labute approximate surface area is 71.8 Å². The van der Waals surface area contributed by atoms with Gasteiger partial charge < -0.3 is 4.74 Å². The van der Waals surface area contributed by atoms with Gasteiger partial charge in [-0.05, 0) is 18.6 Å². The summed E-state index contributed by atoms with van der Waals surface area (Å²) in [6.07, 6.45) is 4.86. The molecule has 12 heavy (non-hydrogen) atoms. The predicted molar refractivity (Wildman–Crippen MR) is 46.0 cm³/mol. The molecule has 0 amide bonds. The van der Waals surface area contributed by atoms with Gasteiger partial charge in [-0.2, -0.15) is 0 Å². The molecular formula is C9H12N2O. The first-order valence-electron chi connectivity index (χ1n) is 4.16. The van der Waals surface area contributed by atoms with E-state index >= 15 is 0 Å². The number of nitrogens with zero attached hydrogens (tertiary/aromatic N) is 1. The van der Waals surface area contributed by atoms with E-state index in [1.54, 1.807) is 6.20 Å². The predicted octanol–water partition coefficient (Wildman–Crippen LogP) is 1.09. The molecule has 1 aromatic rings. The highest BCUT2D eigenvalue weighted by molar-refractivity contribution is 5.22. The molecule has 0 saturated carbocycles. The lowest BCUT2D eigenvalue weighted by atomic mass is 10.1. The van der Waals surface area contributed by atoms with E-state index in [4.69, 9.17) is 4.74 Å². The Balaban J connectivity index is 2.02. The summed E-state index contributed by atoms with van der Waals surface area (Å²) < 4.78 is 5.56. The fourth-order valence-corrected chi connectivity index (χ4v) is 1.12. The van der Waals surface area contributed by atoms with Crippen LogP contribution in [-0.4, -0.2) is 17.8 Å². The van der Waals surface area contributed by atoms with Crippen LogP contribution in [0.25, 0.3) is 0 Å². The normalized spacial score (nSPS) is 21.6. The van der Waals surface area contributed by atoms with Crippen LogP contribution in [0.1, 0.15) is 12.0 Å². The van der Waals surface area contributed by atoms with E-state index in [1.807, 2.05) is 19.2 Å². The van der Waals surface area contributed by atoms with Gasteiger partial charge in [0.1, 0.15) is 5.75 Å². The van der Waals surface area contributed by atoms with Crippen LogP contribution in [-0.2, 0) is 0 Å². The molecule has 1 saturated heterocycles. The standard InChI is InChI=1S/C9H12N2O/c1-7-4-8(6-10-5-7)12-9-2-3-11-9/h4-6,9,11H,2-3H2,1H3/t9-/m0/s1/i1-1. The first kappa shape index (κ1) is 7.55. The number of rotatable bonds is 2. The van der Waals surface area contributed by atoms with E-state index in [0.717, 1.165) is 24.3 Å². The van der Waals surface area contributed by atoms with Gasteiger partial charge in [0.25, 0.3) is 0 Å². The number of hydrogen-bond donors (Lipinski definition) is 1. The second kappa shape index (κ2) is 3.11. The van der Waals surface area contributed by atoms with Crippen LogP contribution < -0.4 is 10.1 Å². The minimum Gasteiger partial charge on any atom is -0.474 e. The minimum absolute atomic E-state index is 0.202. The molecule has 1 fully saturated rings. The second-order valence-electron chi connectivity index (χ2n) is 3.05. The Hall–Kier alpha value is -1.09. The van der Waals surface area contributed by atoms with Crippen molar-refractivity contribution in [3.63, 3.8) is 0 Å². The average Bonchev–Trinajstić information content (AvgIpc) is 1.97. The van der Waals surface area contributed by atoms with E-state index in [2.05, 4.69) is 10.3 Å². The maximum Gasteiger partial charge on any atom is 0.151 e. The van der Waals surface area contributed by atoms with Crippen molar-refractivity contribution < 1.29 is 4.74 Å². The van der Waals surface area contributed by atoms with Crippen LogP contribution in [0.3, 0.4) is 0 Å². The van der Waals surface area contributed by atoms with E-state index in [-0.39, 0.29) is 6.23 Å². The molecule has 0 spiro atoms. The number of aromatic nitrogens is 1. The third kappa shape index (κ3) is 1.56. The van der Waals surface area contributed by atoms with Crippen LogP contribution >= 0.6 is 0 Å². The molecular weight excluding hydrogens is 151 g/mol. The molecule has 1 N–H and O–H groups in total. The Morgan fingerprint density at radius 3 is 3.00 bits per heavy atom. The molecule has 1 atom stereocenters. The molecule has 0 aliphatic carbocycles. The molecule has 0 aromatic carbocycles. The molecule has 3 nitrogen and oxygen atoms in total. The van der Waals surface area contributed by atoms with Crippen molar-refractivity contribution in [2.45, 2.75) is 19.6 Å². The third-order valence-electron chi connectivity index (χ3n) is 1.91. The van der Waals surface area contributed by atoms with Crippen molar-refractivity contribution >= 4 is 0 Å². The molecule has 1 aromatic heterocycles. The molecule has 2 rings (SSSR count). The lowest BCUT2D eigenvalue weighted by molar-refractivity contribution is 0.0982. The summed E-state index contributed by atoms with van der Waals surface area (Å²) in [5.41, 5.74) is 1.13. The fourth-order valence-electron chi connectivity index (χ4n) is 1.12. The molecule has 3 heteroatoms. The monoisotopic (exact) mass is 163 g/mol. The van der Waals surface area contributed by atoms with E-state index < -0.39 is 0 Å². The maximum absolute atomic E-state index is 5.56. The van der Waals surface area contributed by atoms with Gasteiger partial charge in [0.05, 0.1) is 6.20 Å². The summed E-state index contributed by atoms with van der Waals surface area (Å²) in [5, 5.41) is 3.16. The smallest absolute Gasteiger partial charge is 0.151 e. The first-order valence-corrected chi connectivity index (χ1v) is 4.16. The van der Waals surface area contributed by atoms with Crippen molar-refractivity contribution in [1.82, 2.24) is 10.3 Å². The Morgan fingerprint density at radius 1 is 1.58 bits per heavy atom. The van der Waals surface area contributed by atoms with Crippen molar-refractivity contribution in [2.24, 2.45) is 0 Å². The Bertz CT molecular complexity index is 271. The molecule has 64 valence electrons. The Morgan fingerprint density at radius 2 is 2.42 bits per heavy atom. The van der Waals surface area contributed by atoms with Crippen LogP contribution in [0.2, 0.25) is 0 Å². The molecule has 0 unspecified atom stereocenters. The van der Waals surface area contributed by atoms with Gasteiger partial charge in [-0.3, -0.25) is 10.3 Å². The van der Waals surface area contributed by atoms with Crippen molar-refractivity contribution in [2.75, 3.05) is 6.54 Å². The van der Waals surface area contributed by atoms with Crippen LogP contribution in [0.4, 0.5) is 0 Å². The molecule has 0 radical (unpaired) electrons. The first-order chi connectivity index (χ1) is 5.84. The number of nitrogens with one attached hydrogen (secondary N) is 1. The van der Waals surface area contributed by atoms with Gasteiger partial charge in [-0.25, -0.2) is 0 Å². The van der Waals surface area contributed by atoms with Crippen LogP contribution in [0, 0.1) is 6.92 Å². The maximum atomic E-state index is 5.56. The molecule has 2 heterocycles. The Kier molecular flexibility index (Phi) is 1.96. The fraction of sp³-hybridized carbons (Fsp3) is 0.444. The zero-order chi connectivity index (χ0) is 8.39. The zero-order valence-electron chi connectivity index (χ0n) is 7.08. The summed E-state index contributed by atoms with van der Waals surface area (Å²) in [7, 11) is 0. The largest absolute Gasteiger partial charge is 0.474 e. The highest BCUT2D eigenvalue weighted by atomic mass is 16.5. The van der Waals surface area contributed by atoms with Crippen molar-refractivity contribution in [1.29, 1.82) is 0 Å². The van der Waals surface area contributed by atoms with Crippen molar-refractivity contribution in [3.8, 4) is 5.75 Å². The number of hydrogen-bond acceptors (Lipinski definition) is 3.